The van der Waals surface area contributed by atoms with Crippen molar-refractivity contribution in [2.45, 2.75) is 348 Å². The predicted octanol–water partition coefficient (Wildman–Crippen LogP) is 21.8. The van der Waals surface area contributed by atoms with E-state index in [1.165, 1.54) is 205 Å². The zero-order valence-corrected chi connectivity index (χ0v) is 48.9. The largest absolute Gasteiger partial charge is 0.462 e. The zero-order chi connectivity index (χ0) is 52.9. The van der Waals surface area contributed by atoms with Crippen LogP contribution in [0.1, 0.15) is 342 Å². The summed E-state index contributed by atoms with van der Waals surface area (Å²) in [5.41, 5.74) is 0. The van der Waals surface area contributed by atoms with Crippen molar-refractivity contribution < 1.29 is 28.6 Å². The van der Waals surface area contributed by atoms with Gasteiger partial charge >= 0.3 is 17.9 Å². The van der Waals surface area contributed by atoms with Gasteiger partial charge in [-0.25, -0.2) is 0 Å². The summed E-state index contributed by atoms with van der Waals surface area (Å²) in [6.45, 7) is 6.58. The second kappa shape index (κ2) is 61.9. The van der Waals surface area contributed by atoms with Crippen molar-refractivity contribution in [1.82, 2.24) is 0 Å². The van der Waals surface area contributed by atoms with Gasteiger partial charge in [-0.05, 0) is 96.3 Å². The van der Waals surface area contributed by atoms with Crippen LogP contribution in [0.2, 0.25) is 0 Å². The smallest absolute Gasteiger partial charge is 0.306 e. The molecule has 0 heterocycles. The first-order chi connectivity index (χ1) is 36.0. The van der Waals surface area contributed by atoms with E-state index in [1.54, 1.807) is 0 Å². The molecule has 0 aliphatic rings. The van der Waals surface area contributed by atoms with Gasteiger partial charge in [0.25, 0.3) is 0 Å². The highest BCUT2D eigenvalue weighted by Gasteiger charge is 2.19. The molecule has 0 fully saturated rings. The molecule has 0 aromatic heterocycles. The van der Waals surface area contributed by atoms with E-state index in [9.17, 15) is 14.4 Å². The van der Waals surface area contributed by atoms with E-state index in [1.807, 2.05) is 0 Å². The number of esters is 3. The van der Waals surface area contributed by atoms with Crippen molar-refractivity contribution in [1.29, 1.82) is 0 Å². The van der Waals surface area contributed by atoms with Crippen LogP contribution >= 0.6 is 0 Å². The minimum atomic E-state index is -0.782. The Bertz CT molecular complexity index is 1270. The molecule has 0 N–H and O–H groups in total. The summed E-state index contributed by atoms with van der Waals surface area (Å²) in [5, 5.41) is 0. The fourth-order valence-electron chi connectivity index (χ4n) is 9.41. The summed E-state index contributed by atoms with van der Waals surface area (Å²) < 4.78 is 16.9. The van der Waals surface area contributed by atoms with Gasteiger partial charge in [0.05, 0.1) is 0 Å². The molecule has 6 nitrogen and oxygen atoms in total. The van der Waals surface area contributed by atoms with E-state index < -0.39 is 6.10 Å². The standard InChI is InChI=1S/C67H122O6/c1-4-7-10-13-16-19-22-25-26-27-28-29-30-31-32-33-34-35-36-37-38-39-40-43-45-48-51-54-57-60-66(69)72-63-64(73-67(70)61-58-55-52-49-46-42-24-21-18-15-12-9-6-3)62-71-65(68)59-56-53-50-47-44-41-23-20-17-14-11-8-5-2/h12,15,20-21,23-24,27-28,64H,4-11,13-14,16-19,22,25-26,29-63H2,1-3H3/b15-12-,23-20-,24-21-,28-27-. The van der Waals surface area contributed by atoms with E-state index >= 15 is 0 Å². The van der Waals surface area contributed by atoms with Gasteiger partial charge in [-0.2, -0.15) is 0 Å². The molecule has 1 unspecified atom stereocenters. The average Bonchev–Trinajstić information content (AvgIpc) is 3.39. The Morgan fingerprint density at radius 3 is 0.836 bits per heavy atom. The minimum absolute atomic E-state index is 0.0787. The van der Waals surface area contributed by atoms with Gasteiger partial charge in [-0.3, -0.25) is 14.4 Å². The molecule has 0 aliphatic carbocycles. The zero-order valence-electron chi connectivity index (χ0n) is 48.9. The highest BCUT2D eigenvalue weighted by Crippen LogP contribution is 2.17. The van der Waals surface area contributed by atoms with E-state index in [-0.39, 0.29) is 31.1 Å². The van der Waals surface area contributed by atoms with Crippen LogP contribution in [0, 0.1) is 0 Å². The molecule has 0 saturated heterocycles. The number of allylic oxidation sites excluding steroid dienone is 8. The third-order valence-corrected chi connectivity index (χ3v) is 14.3. The van der Waals surface area contributed by atoms with Crippen LogP contribution in [0.4, 0.5) is 0 Å². The van der Waals surface area contributed by atoms with E-state index in [4.69, 9.17) is 14.2 Å². The molecule has 0 aromatic rings. The maximum atomic E-state index is 12.8. The molecule has 0 radical (unpaired) electrons. The van der Waals surface area contributed by atoms with Crippen LogP contribution in [0.25, 0.3) is 0 Å². The summed E-state index contributed by atoms with van der Waals surface area (Å²) in [6.07, 6.45) is 77.1. The number of carbonyl (C=O) groups excluding carboxylic acids is 3. The molecule has 0 aromatic carbocycles. The second-order valence-electron chi connectivity index (χ2n) is 21.7. The molecule has 0 spiro atoms. The number of hydrogen-bond donors (Lipinski definition) is 0. The average molecular weight is 1020 g/mol. The first kappa shape index (κ1) is 70.4. The van der Waals surface area contributed by atoms with E-state index in [2.05, 4.69) is 69.4 Å². The number of unbranched alkanes of at least 4 members (excludes halogenated alkanes) is 40. The number of ether oxygens (including phenoxy) is 3. The summed E-state index contributed by atoms with van der Waals surface area (Å²) in [7, 11) is 0. The number of hydrogen-bond acceptors (Lipinski definition) is 6. The first-order valence-electron chi connectivity index (χ1n) is 32.1. The van der Waals surface area contributed by atoms with Gasteiger partial charge in [0.15, 0.2) is 6.10 Å². The Labute approximate surface area is 454 Å². The monoisotopic (exact) mass is 1020 g/mol. The topological polar surface area (TPSA) is 78.9 Å². The molecule has 1 atom stereocenters. The van der Waals surface area contributed by atoms with Gasteiger partial charge in [-0.1, -0.05) is 275 Å². The normalized spacial score (nSPS) is 12.3. The third-order valence-electron chi connectivity index (χ3n) is 14.3. The Morgan fingerprint density at radius 2 is 0.521 bits per heavy atom. The van der Waals surface area contributed by atoms with Crippen LogP contribution in [0.5, 0.6) is 0 Å². The summed E-state index contributed by atoms with van der Waals surface area (Å²) in [6, 6.07) is 0. The summed E-state index contributed by atoms with van der Waals surface area (Å²) >= 11 is 0. The van der Waals surface area contributed by atoms with Gasteiger partial charge in [-0.15, -0.1) is 0 Å². The van der Waals surface area contributed by atoms with Crippen LogP contribution in [0.15, 0.2) is 48.6 Å². The SMILES string of the molecule is CCC/C=C\C/C=C\CCCCCCCC(=O)OC(COC(=O)CCCCCCC/C=C\CCCCCC)COC(=O)CCCCCCCCCCCCCCCCCCC/C=C\CCCCCCCCCC. The second-order valence-corrected chi connectivity index (χ2v) is 21.7. The minimum Gasteiger partial charge on any atom is -0.462 e. The quantitative estimate of drug-likeness (QED) is 0.0261. The molecular weight excluding hydrogens is 901 g/mol. The van der Waals surface area contributed by atoms with Crippen molar-refractivity contribution in [3.63, 3.8) is 0 Å². The van der Waals surface area contributed by atoms with Gasteiger partial charge in [0.1, 0.15) is 13.2 Å². The molecule has 0 aliphatic heterocycles. The molecule has 0 amide bonds. The van der Waals surface area contributed by atoms with Crippen molar-refractivity contribution in [3.8, 4) is 0 Å². The Hall–Kier alpha value is -2.63. The molecular formula is C67H122O6. The molecule has 0 bridgehead atoms. The van der Waals surface area contributed by atoms with Crippen molar-refractivity contribution in [3.05, 3.63) is 48.6 Å². The van der Waals surface area contributed by atoms with Crippen LogP contribution < -0.4 is 0 Å². The Morgan fingerprint density at radius 1 is 0.274 bits per heavy atom. The van der Waals surface area contributed by atoms with Crippen LogP contribution in [-0.4, -0.2) is 37.2 Å². The van der Waals surface area contributed by atoms with Gasteiger partial charge in [0.2, 0.25) is 0 Å². The van der Waals surface area contributed by atoms with E-state index in [0.717, 1.165) is 96.3 Å². The predicted molar refractivity (Wildman–Crippen MR) is 316 cm³/mol. The Balaban J connectivity index is 4.14. The maximum absolute atomic E-state index is 12.8. The van der Waals surface area contributed by atoms with E-state index in [0.29, 0.717) is 19.3 Å². The molecule has 6 heteroatoms. The molecule has 426 valence electrons. The van der Waals surface area contributed by atoms with Crippen LogP contribution in [0.3, 0.4) is 0 Å². The third kappa shape index (κ3) is 60.1. The lowest BCUT2D eigenvalue weighted by atomic mass is 10.0. The summed E-state index contributed by atoms with van der Waals surface area (Å²) in [5.74, 6) is -0.886. The number of carbonyl (C=O) groups is 3. The fraction of sp³-hybridized carbons (Fsp3) is 0.836. The molecule has 73 heavy (non-hydrogen) atoms. The summed E-state index contributed by atoms with van der Waals surface area (Å²) in [4.78, 5) is 38.2. The van der Waals surface area contributed by atoms with Crippen molar-refractivity contribution >= 4 is 17.9 Å². The van der Waals surface area contributed by atoms with Crippen molar-refractivity contribution in [2.75, 3.05) is 13.2 Å². The Kier molecular flexibility index (Phi) is 59.7. The first-order valence-corrected chi connectivity index (χ1v) is 32.1. The highest BCUT2D eigenvalue weighted by molar-refractivity contribution is 5.71. The highest BCUT2D eigenvalue weighted by atomic mass is 16.6. The van der Waals surface area contributed by atoms with Gasteiger partial charge in [0, 0.05) is 19.3 Å². The van der Waals surface area contributed by atoms with Crippen LogP contribution in [-0.2, 0) is 28.6 Å². The number of rotatable bonds is 59. The molecule has 0 saturated carbocycles. The lowest BCUT2D eigenvalue weighted by molar-refractivity contribution is -0.167. The lowest BCUT2D eigenvalue weighted by Crippen LogP contribution is -2.30. The molecule has 0 rings (SSSR count). The van der Waals surface area contributed by atoms with Gasteiger partial charge < -0.3 is 14.2 Å². The fourth-order valence-corrected chi connectivity index (χ4v) is 9.41. The van der Waals surface area contributed by atoms with Crippen molar-refractivity contribution in [2.24, 2.45) is 0 Å². The maximum Gasteiger partial charge on any atom is 0.306 e. The lowest BCUT2D eigenvalue weighted by Gasteiger charge is -2.18.